The Morgan fingerprint density at radius 3 is 2.59 bits per heavy atom. The molecule has 0 bridgehead atoms. The molecule has 1 atom stereocenters. The Labute approximate surface area is 106 Å². The van der Waals surface area contributed by atoms with E-state index in [1.54, 1.807) is 11.8 Å². The van der Waals surface area contributed by atoms with E-state index in [0.717, 1.165) is 11.3 Å². The predicted octanol–water partition coefficient (Wildman–Crippen LogP) is 3.77. The summed E-state index contributed by atoms with van der Waals surface area (Å²) in [7, 11) is 0. The van der Waals surface area contributed by atoms with Crippen LogP contribution in [-0.4, -0.2) is 10.9 Å². The number of rotatable bonds is 0. The van der Waals surface area contributed by atoms with Gasteiger partial charge in [0.25, 0.3) is 0 Å². The van der Waals surface area contributed by atoms with Crippen LogP contribution in [-0.2, 0) is 5.60 Å². The minimum atomic E-state index is -0.711. The fourth-order valence-corrected chi connectivity index (χ4v) is 3.83. The number of hydrogen-bond acceptors (Lipinski definition) is 2. The van der Waals surface area contributed by atoms with Gasteiger partial charge in [0.2, 0.25) is 0 Å². The molecule has 0 saturated carbocycles. The van der Waals surface area contributed by atoms with Crippen molar-refractivity contribution in [2.24, 2.45) is 0 Å². The van der Waals surface area contributed by atoms with Gasteiger partial charge in [-0.15, -0.1) is 11.8 Å². The quantitative estimate of drug-likeness (QED) is 0.761. The molecular formula is C15H16OS. The number of aliphatic hydroxyl groups is 1. The maximum absolute atomic E-state index is 10.5. The first-order valence-corrected chi connectivity index (χ1v) is 6.88. The lowest BCUT2D eigenvalue weighted by Crippen LogP contribution is -2.27. The number of hydrogen-bond donors (Lipinski definition) is 1. The van der Waals surface area contributed by atoms with Gasteiger partial charge < -0.3 is 5.11 Å². The zero-order valence-electron chi connectivity index (χ0n) is 10.4. The zero-order chi connectivity index (χ0) is 12.2. The highest BCUT2D eigenvalue weighted by atomic mass is 32.2. The van der Waals surface area contributed by atoms with Crippen LogP contribution in [0.2, 0.25) is 0 Å². The standard InChI is InChI=1S/C15H16OS/c1-9-5-7-12-13-11(9)6-4-10(2)14(13)17-8-15(12,3)16/h4-7,16H,8H2,1-3H3. The Hall–Kier alpha value is -0.990. The van der Waals surface area contributed by atoms with Gasteiger partial charge in [-0.3, -0.25) is 0 Å². The molecule has 1 heterocycles. The van der Waals surface area contributed by atoms with E-state index in [0.29, 0.717) is 0 Å². The second kappa shape index (κ2) is 3.50. The fraction of sp³-hybridized carbons (Fsp3) is 0.333. The Balaban J connectivity index is 2.52. The Kier molecular flexibility index (Phi) is 2.29. The van der Waals surface area contributed by atoms with Crippen molar-refractivity contribution < 1.29 is 5.11 Å². The molecule has 1 nitrogen and oxygen atoms in total. The van der Waals surface area contributed by atoms with Crippen LogP contribution < -0.4 is 0 Å². The fourth-order valence-electron chi connectivity index (χ4n) is 2.59. The van der Waals surface area contributed by atoms with E-state index < -0.39 is 5.60 Å². The summed E-state index contributed by atoms with van der Waals surface area (Å²) in [6, 6.07) is 8.55. The summed E-state index contributed by atoms with van der Waals surface area (Å²) in [6.07, 6.45) is 0. The average molecular weight is 244 g/mol. The normalized spacial score (nSPS) is 23.1. The maximum atomic E-state index is 10.5. The SMILES string of the molecule is Cc1ccc2c(C)ccc3c2c1SCC3(C)O. The summed E-state index contributed by atoms with van der Waals surface area (Å²) in [6.45, 7) is 6.19. The van der Waals surface area contributed by atoms with Gasteiger partial charge in [0, 0.05) is 16.0 Å². The van der Waals surface area contributed by atoms with Gasteiger partial charge in [0.1, 0.15) is 0 Å². The van der Waals surface area contributed by atoms with Gasteiger partial charge in [0.05, 0.1) is 5.60 Å². The molecule has 88 valence electrons. The lowest BCUT2D eigenvalue weighted by atomic mass is 9.89. The second-order valence-electron chi connectivity index (χ2n) is 5.13. The van der Waals surface area contributed by atoms with E-state index in [9.17, 15) is 5.11 Å². The van der Waals surface area contributed by atoms with Crippen LogP contribution in [0.1, 0.15) is 23.6 Å². The second-order valence-corrected chi connectivity index (χ2v) is 6.11. The van der Waals surface area contributed by atoms with E-state index in [1.165, 1.54) is 26.8 Å². The molecule has 3 rings (SSSR count). The Morgan fingerprint density at radius 2 is 1.82 bits per heavy atom. The van der Waals surface area contributed by atoms with Crippen molar-refractivity contribution in [1.29, 1.82) is 0 Å². The molecule has 1 unspecified atom stereocenters. The predicted molar refractivity (Wildman–Crippen MR) is 73.7 cm³/mol. The van der Waals surface area contributed by atoms with Gasteiger partial charge >= 0.3 is 0 Å². The molecule has 17 heavy (non-hydrogen) atoms. The molecule has 1 N–H and O–H groups in total. The molecule has 0 saturated heterocycles. The van der Waals surface area contributed by atoms with E-state index in [1.807, 2.05) is 6.92 Å². The van der Waals surface area contributed by atoms with Crippen molar-refractivity contribution in [3.05, 3.63) is 41.0 Å². The summed E-state index contributed by atoms with van der Waals surface area (Å²) in [5.41, 5.74) is 2.96. The first kappa shape index (κ1) is 11.1. The molecule has 2 heteroatoms. The summed E-state index contributed by atoms with van der Waals surface area (Å²) in [5, 5.41) is 13.0. The molecule has 0 fully saturated rings. The van der Waals surface area contributed by atoms with Crippen molar-refractivity contribution in [2.75, 3.05) is 5.75 Å². The smallest absolute Gasteiger partial charge is 0.0968 e. The summed E-state index contributed by atoms with van der Waals surface area (Å²) in [4.78, 5) is 1.34. The first-order chi connectivity index (χ1) is 8.00. The average Bonchev–Trinajstić information content (AvgIpc) is 2.27. The third-order valence-corrected chi connectivity index (χ3v) is 5.15. The van der Waals surface area contributed by atoms with E-state index in [-0.39, 0.29) is 0 Å². The molecular weight excluding hydrogens is 228 g/mol. The van der Waals surface area contributed by atoms with Crippen molar-refractivity contribution in [3.8, 4) is 0 Å². The van der Waals surface area contributed by atoms with Crippen LogP contribution in [0, 0.1) is 13.8 Å². The van der Waals surface area contributed by atoms with Crippen molar-refractivity contribution in [3.63, 3.8) is 0 Å². The summed E-state index contributed by atoms with van der Waals surface area (Å²) in [5.74, 6) is 0.739. The van der Waals surface area contributed by atoms with Crippen LogP contribution in [0.25, 0.3) is 10.8 Å². The third kappa shape index (κ3) is 1.51. The van der Waals surface area contributed by atoms with Crippen LogP contribution in [0.4, 0.5) is 0 Å². The monoisotopic (exact) mass is 244 g/mol. The van der Waals surface area contributed by atoms with Gasteiger partial charge in [-0.1, -0.05) is 24.3 Å². The Morgan fingerprint density at radius 1 is 1.12 bits per heavy atom. The topological polar surface area (TPSA) is 20.2 Å². The maximum Gasteiger partial charge on any atom is 0.0968 e. The Bertz CT molecular complexity index is 614. The van der Waals surface area contributed by atoms with Crippen molar-refractivity contribution in [2.45, 2.75) is 31.3 Å². The van der Waals surface area contributed by atoms with Crippen LogP contribution in [0.3, 0.4) is 0 Å². The molecule has 2 aromatic rings. The molecule has 0 amide bonds. The lowest BCUT2D eigenvalue weighted by molar-refractivity contribution is 0.0846. The molecule has 1 aliphatic heterocycles. The van der Waals surface area contributed by atoms with Gasteiger partial charge in [0.15, 0.2) is 0 Å². The van der Waals surface area contributed by atoms with E-state index in [4.69, 9.17) is 0 Å². The third-order valence-electron chi connectivity index (χ3n) is 3.63. The summed E-state index contributed by atoms with van der Waals surface area (Å²) >= 11 is 1.77. The van der Waals surface area contributed by atoms with Crippen LogP contribution in [0.5, 0.6) is 0 Å². The first-order valence-electron chi connectivity index (χ1n) is 5.89. The highest BCUT2D eigenvalue weighted by Crippen LogP contribution is 2.45. The molecule has 0 spiro atoms. The number of benzene rings is 2. The van der Waals surface area contributed by atoms with E-state index in [2.05, 4.69) is 38.1 Å². The van der Waals surface area contributed by atoms with Crippen molar-refractivity contribution >= 4 is 22.5 Å². The number of aryl methyl sites for hydroxylation is 2. The minimum absolute atomic E-state index is 0.711. The molecule has 2 aromatic carbocycles. The number of thioether (sulfide) groups is 1. The highest BCUT2D eigenvalue weighted by Gasteiger charge is 2.31. The minimum Gasteiger partial charge on any atom is -0.385 e. The van der Waals surface area contributed by atoms with Gasteiger partial charge in [-0.05, 0) is 42.8 Å². The van der Waals surface area contributed by atoms with E-state index >= 15 is 0 Å². The van der Waals surface area contributed by atoms with Gasteiger partial charge in [-0.2, -0.15) is 0 Å². The lowest BCUT2D eigenvalue weighted by Gasteiger charge is -2.31. The van der Waals surface area contributed by atoms with Crippen LogP contribution >= 0.6 is 11.8 Å². The largest absolute Gasteiger partial charge is 0.385 e. The molecule has 1 aliphatic rings. The van der Waals surface area contributed by atoms with Crippen molar-refractivity contribution in [1.82, 2.24) is 0 Å². The van der Waals surface area contributed by atoms with Gasteiger partial charge in [-0.25, -0.2) is 0 Å². The zero-order valence-corrected chi connectivity index (χ0v) is 11.2. The highest BCUT2D eigenvalue weighted by molar-refractivity contribution is 7.99. The molecule has 0 aliphatic carbocycles. The molecule has 0 aromatic heterocycles. The summed E-state index contributed by atoms with van der Waals surface area (Å²) < 4.78 is 0. The molecule has 0 radical (unpaired) electrons. The van der Waals surface area contributed by atoms with Crippen LogP contribution in [0.15, 0.2) is 29.2 Å².